The summed E-state index contributed by atoms with van der Waals surface area (Å²) in [6.07, 6.45) is 6.57. The molecule has 140 valence electrons. The van der Waals surface area contributed by atoms with Crippen LogP contribution in [0.5, 0.6) is 0 Å². The van der Waals surface area contributed by atoms with Crippen LogP contribution >= 0.6 is 0 Å². The second-order valence-electron chi connectivity index (χ2n) is 7.26. The lowest BCUT2D eigenvalue weighted by molar-refractivity contribution is 0.0261. The molecule has 2 aliphatic heterocycles. The molecule has 0 radical (unpaired) electrons. The van der Waals surface area contributed by atoms with Gasteiger partial charge in [-0.25, -0.2) is 9.48 Å². The molecule has 0 spiro atoms. The average molecular weight is 350 g/mol. The number of likely N-dealkylation sites (tertiary alicyclic amines) is 1. The highest BCUT2D eigenvalue weighted by atomic mass is 16.5. The second kappa shape index (κ2) is 8.62. The molecule has 3 heterocycles. The van der Waals surface area contributed by atoms with Gasteiger partial charge in [-0.05, 0) is 46.2 Å². The third-order valence-electron chi connectivity index (χ3n) is 4.82. The fraction of sp³-hybridized carbons (Fsp3) is 0.824. The van der Waals surface area contributed by atoms with Gasteiger partial charge in [0.15, 0.2) is 5.82 Å². The fourth-order valence-corrected chi connectivity index (χ4v) is 3.40. The van der Waals surface area contributed by atoms with Crippen LogP contribution in [-0.4, -0.2) is 76.3 Å². The molecule has 2 saturated heterocycles. The second-order valence-corrected chi connectivity index (χ2v) is 7.26. The summed E-state index contributed by atoms with van der Waals surface area (Å²) in [6, 6.07) is 0.101. The number of rotatable bonds is 4. The number of urea groups is 1. The molecule has 0 aromatic carbocycles. The highest BCUT2D eigenvalue weighted by Crippen LogP contribution is 2.14. The van der Waals surface area contributed by atoms with Crippen LogP contribution in [0.15, 0.2) is 6.20 Å². The lowest BCUT2D eigenvalue weighted by atomic mass is 10.1. The lowest BCUT2D eigenvalue weighted by Crippen LogP contribution is -2.45. The molecule has 8 heteroatoms. The van der Waals surface area contributed by atoms with Crippen molar-refractivity contribution in [3.8, 4) is 0 Å². The van der Waals surface area contributed by atoms with Crippen molar-refractivity contribution in [3.63, 3.8) is 0 Å². The van der Waals surface area contributed by atoms with E-state index in [-0.39, 0.29) is 18.2 Å². The normalized spacial score (nSPS) is 22.8. The van der Waals surface area contributed by atoms with Crippen molar-refractivity contribution >= 4 is 11.8 Å². The minimum Gasteiger partial charge on any atom is -0.375 e. The summed E-state index contributed by atoms with van der Waals surface area (Å²) >= 11 is 0. The first kappa shape index (κ1) is 18.1. The number of nitrogens with one attached hydrogen (secondary N) is 1. The average Bonchev–Trinajstić information content (AvgIpc) is 2.94. The molecule has 0 unspecified atom stereocenters. The van der Waals surface area contributed by atoms with Crippen LogP contribution in [0.4, 0.5) is 10.6 Å². The number of hydrogen-bond acceptors (Lipinski definition) is 5. The molecule has 0 saturated carbocycles. The zero-order valence-electron chi connectivity index (χ0n) is 15.4. The molecule has 2 aliphatic rings. The van der Waals surface area contributed by atoms with Gasteiger partial charge in [-0.15, -0.1) is 5.10 Å². The number of aromatic nitrogens is 3. The van der Waals surface area contributed by atoms with E-state index in [2.05, 4.69) is 20.5 Å². The predicted molar refractivity (Wildman–Crippen MR) is 95.6 cm³/mol. The summed E-state index contributed by atoms with van der Waals surface area (Å²) in [7, 11) is 0. The van der Waals surface area contributed by atoms with Crippen LogP contribution in [0.3, 0.4) is 0 Å². The molecule has 8 nitrogen and oxygen atoms in total. The molecule has 1 aromatic rings. The van der Waals surface area contributed by atoms with Crippen molar-refractivity contribution in [2.75, 3.05) is 44.6 Å². The van der Waals surface area contributed by atoms with Gasteiger partial charge in [0.25, 0.3) is 0 Å². The maximum atomic E-state index is 12.6. The first-order chi connectivity index (χ1) is 12.1. The van der Waals surface area contributed by atoms with E-state index in [1.807, 2.05) is 18.7 Å². The summed E-state index contributed by atoms with van der Waals surface area (Å²) < 4.78 is 7.71. The van der Waals surface area contributed by atoms with Crippen LogP contribution in [0.2, 0.25) is 0 Å². The molecule has 0 aliphatic carbocycles. The number of anilines is 1. The zero-order chi connectivity index (χ0) is 17.6. The molecule has 3 rings (SSSR count). The topological polar surface area (TPSA) is 75.5 Å². The SMILES string of the molecule is CC(C)n1cc(NC(=O)N2CCCO[C@@H](CN3CCCCC3)C2)nn1. The van der Waals surface area contributed by atoms with E-state index >= 15 is 0 Å². The minimum atomic E-state index is -0.120. The number of nitrogens with zero attached hydrogens (tertiary/aromatic N) is 5. The van der Waals surface area contributed by atoms with Gasteiger partial charge in [0.2, 0.25) is 0 Å². The summed E-state index contributed by atoms with van der Waals surface area (Å²) in [5.41, 5.74) is 0. The Bertz CT molecular complexity index is 555. The lowest BCUT2D eigenvalue weighted by Gasteiger charge is -2.31. The van der Waals surface area contributed by atoms with E-state index in [1.54, 1.807) is 10.9 Å². The highest BCUT2D eigenvalue weighted by Gasteiger charge is 2.25. The van der Waals surface area contributed by atoms with Crippen LogP contribution in [0, 0.1) is 0 Å². The number of amides is 2. The zero-order valence-corrected chi connectivity index (χ0v) is 15.4. The Hall–Kier alpha value is -1.67. The van der Waals surface area contributed by atoms with Crippen molar-refractivity contribution < 1.29 is 9.53 Å². The van der Waals surface area contributed by atoms with Crippen LogP contribution in [0.25, 0.3) is 0 Å². The Labute approximate surface area is 149 Å². The quantitative estimate of drug-likeness (QED) is 0.898. The Morgan fingerprint density at radius 2 is 2.08 bits per heavy atom. The third kappa shape index (κ3) is 5.15. The van der Waals surface area contributed by atoms with E-state index in [0.717, 1.165) is 26.1 Å². The van der Waals surface area contributed by atoms with Crippen molar-refractivity contribution in [3.05, 3.63) is 6.20 Å². The molecular formula is C17H30N6O2. The van der Waals surface area contributed by atoms with E-state index < -0.39 is 0 Å². The minimum absolute atomic E-state index is 0.0812. The molecule has 25 heavy (non-hydrogen) atoms. The maximum Gasteiger partial charge on any atom is 0.323 e. The number of hydrogen-bond donors (Lipinski definition) is 1. The van der Waals surface area contributed by atoms with Gasteiger partial charge in [0, 0.05) is 32.3 Å². The maximum absolute atomic E-state index is 12.6. The summed E-state index contributed by atoms with van der Waals surface area (Å²) in [5, 5.41) is 10.9. The molecule has 2 amide bonds. The number of carbonyl (C=O) groups excluding carboxylic acids is 1. The van der Waals surface area contributed by atoms with Crippen LogP contribution in [0.1, 0.15) is 45.6 Å². The summed E-state index contributed by atoms with van der Waals surface area (Å²) in [4.78, 5) is 16.9. The van der Waals surface area contributed by atoms with E-state index in [0.29, 0.717) is 25.5 Å². The number of piperidine rings is 1. The van der Waals surface area contributed by atoms with Gasteiger partial charge in [-0.2, -0.15) is 0 Å². The van der Waals surface area contributed by atoms with Gasteiger partial charge in [0.1, 0.15) is 0 Å². The van der Waals surface area contributed by atoms with Gasteiger partial charge >= 0.3 is 6.03 Å². The highest BCUT2D eigenvalue weighted by molar-refractivity contribution is 5.88. The fourth-order valence-electron chi connectivity index (χ4n) is 3.40. The summed E-state index contributed by atoms with van der Waals surface area (Å²) in [6.45, 7) is 9.30. The Morgan fingerprint density at radius 3 is 2.80 bits per heavy atom. The first-order valence-corrected chi connectivity index (χ1v) is 9.43. The van der Waals surface area contributed by atoms with Crippen molar-refractivity contribution in [1.29, 1.82) is 0 Å². The van der Waals surface area contributed by atoms with E-state index in [9.17, 15) is 4.79 Å². The predicted octanol–water partition coefficient (Wildman–Crippen LogP) is 1.97. The molecule has 1 N–H and O–H groups in total. The molecule has 1 aromatic heterocycles. The van der Waals surface area contributed by atoms with Gasteiger partial charge in [-0.1, -0.05) is 11.6 Å². The third-order valence-corrected chi connectivity index (χ3v) is 4.82. The van der Waals surface area contributed by atoms with Crippen molar-refractivity contribution in [2.24, 2.45) is 0 Å². The number of carbonyl (C=O) groups is 1. The van der Waals surface area contributed by atoms with E-state index in [1.165, 1.54) is 19.3 Å². The van der Waals surface area contributed by atoms with Gasteiger partial charge in [-0.3, -0.25) is 5.32 Å². The van der Waals surface area contributed by atoms with Crippen LogP contribution in [-0.2, 0) is 4.74 Å². The Morgan fingerprint density at radius 1 is 1.28 bits per heavy atom. The van der Waals surface area contributed by atoms with Crippen molar-refractivity contribution in [2.45, 2.75) is 51.7 Å². The molecule has 2 fully saturated rings. The first-order valence-electron chi connectivity index (χ1n) is 9.43. The monoisotopic (exact) mass is 350 g/mol. The molecular weight excluding hydrogens is 320 g/mol. The number of ether oxygens (including phenoxy) is 1. The smallest absolute Gasteiger partial charge is 0.323 e. The van der Waals surface area contributed by atoms with Crippen molar-refractivity contribution in [1.82, 2.24) is 24.8 Å². The van der Waals surface area contributed by atoms with Crippen LogP contribution < -0.4 is 5.32 Å². The standard InChI is InChI=1S/C17H30N6O2/c1-14(2)23-13-16(19-20-23)18-17(24)22-9-6-10-25-15(12-22)11-21-7-4-3-5-8-21/h13-15H,3-12H2,1-2H3,(H,18,24)/t15-/m0/s1. The van der Waals surface area contributed by atoms with E-state index in [4.69, 9.17) is 4.74 Å². The largest absolute Gasteiger partial charge is 0.375 e. The van der Waals surface area contributed by atoms with Gasteiger partial charge < -0.3 is 14.5 Å². The van der Waals surface area contributed by atoms with Gasteiger partial charge in [0.05, 0.1) is 12.3 Å². The Kier molecular flexibility index (Phi) is 6.25. The molecule has 0 bridgehead atoms. The Balaban J connectivity index is 1.54. The molecule has 1 atom stereocenters. The summed E-state index contributed by atoms with van der Waals surface area (Å²) in [5.74, 6) is 0.497.